The second-order valence-corrected chi connectivity index (χ2v) is 7.92. The molecule has 0 fully saturated rings. The maximum atomic E-state index is 11.1. The molecule has 0 saturated carbocycles. The Morgan fingerprint density at radius 3 is 2.36 bits per heavy atom. The molecule has 8 nitrogen and oxygen atoms in total. The minimum atomic E-state index is -0.969. The van der Waals surface area contributed by atoms with Crippen molar-refractivity contribution in [2.75, 3.05) is 7.11 Å². The molecule has 36 heavy (non-hydrogen) atoms. The molecule has 0 aliphatic carbocycles. The zero-order valence-corrected chi connectivity index (χ0v) is 19.9. The summed E-state index contributed by atoms with van der Waals surface area (Å²) in [4.78, 5) is 16.1. The van der Waals surface area contributed by atoms with Crippen LogP contribution in [0.5, 0.6) is 11.5 Å². The van der Waals surface area contributed by atoms with Crippen molar-refractivity contribution in [1.82, 2.24) is 10.6 Å². The summed E-state index contributed by atoms with van der Waals surface area (Å²) < 4.78 is 16.9. The molecule has 8 heteroatoms. The van der Waals surface area contributed by atoms with Gasteiger partial charge in [-0.15, -0.1) is 0 Å². The van der Waals surface area contributed by atoms with Crippen molar-refractivity contribution in [2.24, 2.45) is 0 Å². The number of benzene rings is 3. The molecule has 0 radical (unpaired) electrons. The smallest absolute Gasteiger partial charge is 0.311 e. The average Bonchev–Trinajstić information content (AvgIpc) is 3.25. The molecule has 0 amide bonds. The van der Waals surface area contributed by atoms with Crippen LogP contribution in [0.3, 0.4) is 0 Å². The zero-order chi connectivity index (χ0) is 25.3. The first kappa shape index (κ1) is 24.6. The molecule has 0 spiro atoms. The lowest BCUT2D eigenvalue weighted by Crippen LogP contribution is -2.11. The minimum Gasteiger partial charge on any atom is -0.489 e. The molecule has 1 heterocycles. The fraction of sp³-hybridized carbons (Fsp3) is 0.143. The van der Waals surface area contributed by atoms with Crippen LogP contribution in [0.2, 0.25) is 0 Å². The fourth-order valence-electron chi connectivity index (χ4n) is 3.60. The highest BCUT2D eigenvalue weighted by Gasteiger charge is 2.17. The van der Waals surface area contributed by atoms with Crippen LogP contribution >= 0.6 is 0 Å². The average molecular weight is 487 g/mol. The molecule has 1 aromatic heterocycles. The lowest BCUT2D eigenvalue weighted by Gasteiger charge is -2.10. The fourth-order valence-corrected chi connectivity index (χ4v) is 3.60. The second kappa shape index (κ2) is 11.7. The van der Waals surface area contributed by atoms with Crippen molar-refractivity contribution in [2.45, 2.75) is 20.0 Å². The number of aryl methyl sites for hydroxylation is 1. The minimum absolute atomic E-state index is 0.222. The van der Waals surface area contributed by atoms with E-state index in [9.17, 15) is 4.79 Å². The van der Waals surface area contributed by atoms with E-state index in [2.05, 4.69) is 10.6 Å². The second-order valence-electron chi connectivity index (χ2n) is 7.92. The number of carbonyl (C=O) groups is 1. The molecule has 0 unspecified atom stereocenters. The van der Waals surface area contributed by atoms with Gasteiger partial charge in [-0.3, -0.25) is 15.1 Å². The maximum absolute atomic E-state index is 11.1. The molecule has 0 atom stereocenters. The summed E-state index contributed by atoms with van der Waals surface area (Å²) in [5.41, 5.74) is 7.61. The van der Waals surface area contributed by atoms with Crippen LogP contribution in [0, 0.1) is 6.92 Å². The van der Waals surface area contributed by atoms with E-state index < -0.39 is 5.97 Å². The summed E-state index contributed by atoms with van der Waals surface area (Å²) in [5.74, 6) is 0.729. The Hall–Kier alpha value is -4.56. The van der Waals surface area contributed by atoms with Gasteiger partial charge in [0.15, 0.2) is 5.76 Å². The van der Waals surface area contributed by atoms with Gasteiger partial charge in [0.05, 0.1) is 12.8 Å². The first-order chi connectivity index (χ1) is 17.5. The standard InChI is InChI=1S/C28H26N2O6/c1-19-28(26(36-29-19)16-27(31)32)22-10-14-24(15-11-22)34-17-20-8-12-23(13-9-20)35-18-25(30-33-2)21-6-4-3-5-7-21/h3-15,18,30H,16-17H2,1-2H3,(H,31,32). The zero-order valence-electron chi connectivity index (χ0n) is 19.9. The van der Waals surface area contributed by atoms with Gasteiger partial charge >= 0.3 is 5.97 Å². The molecule has 184 valence electrons. The van der Waals surface area contributed by atoms with Crippen molar-refractivity contribution in [3.8, 4) is 22.6 Å². The Bertz CT molecular complexity index is 1310. The van der Waals surface area contributed by atoms with Crippen LogP contribution in [0.25, 0.3) is 16.8 Å². The van der Waals surface area contributed by atoms with E-state index in [0.717, 1.165) is 16.7 Å². The largest absolute Gasteiger partial charge is 0.489 e. The summed E-state index contributed by atoms with van der Waals surface area (Å²) in [6.07, 6.45) is 1.38. The number of carboxylic acids is 1. The van der Waals surface area contributed by atoms with Crippen LogP contribution in [0.15, 0.2) is 89.6 Å². The van der Waals surface area contributed by atoms with E-state index in [-0.39, 0.29) is 6.42 Å². The van der Waals surface area contributed by atoms with Crippen molar-refractivity contribution in [3.05, 3.63) is 108 Å². The predicted octanol–water partition coefficient (Wildman–Crippen LogP) is 5.38. The van der Waals surface area contributed by atoms with E-state index in [1.54, 1.807) is 20.3 Å². The number of hydrogen-bond donors (Lipinski definition) is 2. The third kappa shape index (κ3) is 6.31. The predicted molar refractivity (Wildman–Crippen MR) is 134 cm³/mol. The van der Waals surface area contributed by atoms with E-state index in [1.165, 1.54) is 0 Å². The third-order valence-corrected chi connectivity index (χ3v) is 5.33. The highest BCUT2D eigenvalue weighted by atomic mass is 16.6. The number of ether oxygens (including phenoxy) is 2. The first-order valence-electron chi connectivity index (χ1n) is 11.2. The number of hydrogen-bond acceptors (Lipinski definition) is 7. The van der Waals surface area contributed by atoms with Crippen molar-refractivity contribution in [1.29, 1.82) is 0 Å². The molecule has 0 aliphatic heterocycles. The summed E-state index contributed by atoms with van der Waals surface area (Å²) in [6, 6.07) is 24.7. The van der Waals surface area contributed by atoms with E-state index >= 15 is 0 Å². The Kier molecular flexibility index (Phi) is 8.00. The molecule has 3 aromatic carbocycles. The Morgan fingerprint density at radius 2 is 1.69 bits per heavy atom. The van der Waals surface area contributed by atoms with Gasteiger partial charge in [-0.2, -0.15) is 0 Å². The SMILES string of the molecule is CONC(=COc1ccc(COc2ccc(-c3c(C)noc3CC(=O)O)cc2)cc1)c1ccccc1. The normalized spacial score (nSPS) is 11.2. The number of nitrogens with one attached hydrogen (secondary N) is 1. The lowest BCUT2D eigenvalue weighted by molar-refractivity contribution is -0.136. The topological polar surface area (TPSA) is 103 Å². The number of aromatic nitrogens is 1. The van der Waals surface area contributed by atoms with Crippen LogP contribution in [-0.4, -0.2) is 23.3 Å². The van der Waals surface area contributed by atoms with Gasteiger partial charge < -0.3 is 19.1 Å². The van der Waals surface area contributed by atoms with E-state index in [0.29, 0.717) is 40.8 Å². The van der Waals surface area contributed by atoms with Gasteiger partial charge in [0.2, 0.25) is 0 Å². The number of carboxylic acid groups (broad SMARTS) is 1. The van der Waals surface area contributed by atoms with Gasteiger partial charge in [-0.05, 0) is 42.3 Å². The maximum Gasteiger partial charge on any atom is 0.311 e. The van der Waals surface area contributed by atoms with Crippen LogP contribution in [0.1, 0.15) is 22.6 Å². The number of rotatable bonds is 11. The van der Waals surface area contributed by atoms with Gasteiger partial charge in [0.25, 0.3) is 0 Å². The van der Waals surface area contributed by atoms with Crippen molar-refractivity contribution >= 4 is 11.7 Å². The quantitative estimate of drug-likeness (QED) is 0.215. The summed E-state index contributed by atoms with van der Waals surface area (Å²) >= 11 is 0. The Balaban J connectivity index is 1.36. The molecule has 2 N–H and O–H groups in total. The van der Waals surface area contributed by atoms with Crippen molar-refractivity contribution in [3.63, 3.8) is 0 Å². The van der Waals surface area contributed by atoms with Crippen molar-refractivity contribution < 1.29 is 28.7 Å². The first-order valence-corrected chi connectivity index (χ1v) is 11.2. The van der Waals surface area contributed by atoms with Crippen LogP contribution in [0.4, 0.5) is 0 Å². The van der Waals surface area contributed by atoms with Crippen LogP contribution < -0.4 is 15.0 Å². The Labute approximate surface area is 208 Å². The van der Waals surface area contributed by atoms with E-state index in [4.69, 9.17) is 23.9 Å². The highest BCUT2D eigenvalue weighted by molar-refractivity contribution is 5.76. The summed E-state index contributed by atoms with van der Waals surface area (Å²) in [6.45, 7) is 2.17. The van der Waals surface area contributed by atoms with Gasteiger partial charge in [-0.1, -0.05) is 59.8 Å². The third-order valence-electron chi connectivity index (χ3n) is 5.33. The lowest BCUT2D eigenvalue weighted by atomic mass is 10.0. The summed E-state index contributed by atoms with van der Waals surface area (Å²) in [5, 5.41) is 13.0. The number of aliphatic carboxylic acids is 1. The van der Waals surface area contributed by atoms with E-state index in [1.807, 2.05) is 78.9 Å². The number of hydroxylamine groups is 1. The Morgan fingerprint density at radius 1 is 1.00 bits per heavy atom. The molecular formula is C28H26N2O6. The monoisotopic (exact) mass is 486 g/mol. The molecule has 4 rings (SSSR count). The molecular weight excluding hydrogens is 460 g/mol. The molecule has 0 saturated heterocycles. The molecule has 0 bridgehead atoms. The van der Waals surface area contributed by atoms with Gasteiger partial charge in [0, 0.05) is 11.1 Å². The molecule has 4 aromatic rings. The van der Waals surface area contributed by atoms with Gasteiger partial charge in [-0.25, -0.2) is 0 Å². The summed E-state index contributed by atoms with van der Waals surface area (Å²) in [7, 11) is 1.55. The molecule has 0 aliphatic rings. The highest BCUT2D eigenvalue weighted by Crippen LogP contribution is 2.29. The van der Waals surface area contributed by atoms with Crippen LogP contribution in [-0.2, 0) is 22.7 Å². The number of nitrogens with zero attached hydrogens (tertiary/aromatic N) is 1. The van der Waals surface area contributed by atoms with Gasteiger partial charge in [0.1, 0.15) is 36.5 Å².